The van der Waals surface area contributed by atoms with Gasteiger partial charge in [0.2, 0.25) is 0 Å². The molecule has 0 aromatic carbocycles. The molecule has 1 unspecified atom stereocenters. The largest absolute Gasteiger partial charge is 0.389 e. The van der Waals surface area contributed by atoms with Crippen molar-refractivity contribution in [3.05, 3.63) is 23.4 Å². The zero-order valence-electron chi connectivity index (χ0n) is 9.90. The Labute approximate surface area is 96.3 Å². The lowest BCUT2D eigenvalue weighted by Gasteiger charge is -2.29. The van der Waals surface area contributed by atoms with E-state index in [1.807, 2.05) is 6.92 Å². The van der Waals surface area contributed by atoms with E-state index in [0.29, 0.717) is 0 Å². The number of aliphatic hydroxyl groups is 1. The lowest BCUT2D eigenvalue weighted by Crippen LogP contribution is -2.43. The highest BCUT2D eigenvalue weighted by Gasteiger charge is 2.13. The van der Waals surface area contributed by atoms with Gasteiger partial charge in [-0.1, -0.05) is 0 Å². The Morgan fingerprint density at radius 1 is 1.44 bits per heavy atom. The van der Waals surface area contributed by atoms with Gasteiger partial charge in [0.15, 0.2) is 0 Å². The lowest BCUT2D eigenvalue weighted by molar-refractivity contribution is 0.198. The lowest BCUT2D eigenvalue weighted by atomic mass is 10.1. The average Bonchev–Trinajstić information content (AvgIpc) is 2.29. The maximum atomic E-state index is 9.54. The highest BCUT2D eigenvalue weighted by atomic mass is 16.3. The molecular formula is C12H19N3O. The highest BCUT2D eigenvalue weighted by molar-refractivity contribution is 5.44. The zero-order chi connectivity index (χ0) is 11.5. The molecule has 2 heterocycles. The average molecular weight is 221 g/mol. The maximum absolute atomic E-state index is 9.54. The van der Waals surface area contributed by atoms with Crippen molar-refractivity contribution < 1.29 is 5.11 Å². The fourth-order valence-electron chi connectivity index (χ4n) is 2.06. The van der Waals surface area contributed by atoms with Gasteiger partial charge < -0.3 is 15.3 Å². The molecule has 1 aromatic heterocycles. The number of nitrogens with zero attached hydrogens (tertiary/aromatic N) is 2. The summed E-state index contributed by atoms with van der Waals surface area (Å²) in [4.78, 5) is 6.70. The highest BCUT2D eigenvalue weighted by Crippen LogP contribution is 2.20. The van der Waals surface area contributed by atoms with E-state index in [-0.39, 0.29) is 0 Å². The second-order valence-corrected chi connectivity index (χ2v) is 4.31. The van der Waals surface area contributed by atoms with Crippen LogP contribution in [-0.2, 0) is 0 Å². The molecule has 2 rings (SSSR count). The van der Waals surface area contributed by atoms with Crippen LogP contribution in [0.5, 0.6) is 0 Å². The molecule has 0 bridgehead atoms. The van der Waals surface area contributed by atoms with Crippen molar-refractivity contribution in [1.29, 1.82) is 0 Å². The molecule has 0 saturated carbocycles. The smallest absolute Gasteiger partial charge is 0.128 e. The summed E-state index contributed by atoms with van der Waals surface area (Å²) in [6.07, 6.45) is 1.35. The zero-order valence-corrected chi connectivity index (χ0v) is 9.90. The third kappa shape index (κ3) is 2.33. The number of aromatic nitrogens is 1. The number of anilines is 1. The van der Waals surface area contributed by atoms with Crippen LogP contribution in [0.3, 0.4) is 0 Å². The van der Waals surface area contributed by atoms with Crippen molar-refractivity contribution in [2.75, 3.05) is 31.1 Å². The van der Waals surface area contributed by atoms with Crippen molar-refractivity contribution in [3.63, 3.8) is 0 Å². The van der Waals surface area contributed by atoms with Crippen molar-refractivity contribution in [2.45, 2.75) is 20.0 Å². The van der Waals surface area contributed by atoms with Gasteiger partial charge in [-0.05, 0) is 25.5 Å². The first-order chi connectivity index (χ1) is 7.68. The van der Waals surface area contributed by atoms with Gasteiger partial charge in [-0.3, -0.25) is 0 Å². The molecule has 1 aliphatic heterocycles. The van der Waals surface area contributed by atoms with Gasteiger partial charge in [-0.15, -0.1) is 0 Å². The Morgan fingerprint density at radius 3 is 2.69 bits per heavy atom. The van der Waals surface area contributed by atoms with E-state index in [4.69, 9.17) is 0 Å². The molecule has 1 fully saturated rings. The molecule has 1 saturated heterocycles. The second kappa shape index (κ2) is 4.80. The summed E-state index contributed by atoms with van der Waals surface area (Å²) in [5.41, 5.74) is 2.03. The topological polar surface area (TPSA) is 48.4 Å². The number of hydrogen-bond acceptors (Lipinski definition) is 4. The second-order valence-electron chi connectivity index (χ2n) is 4.31. The van der Waals surface area contributed by atoms with Crippen LogP contribution in [0.2, 0.25) is 0 Å². The summed E-state index contributed by atoms with van der Waals surface area (Å²) in [5, 5.41) is 12.9. The minimum atomic E-state index is -0.440. The summed E-state index contributed by atoms with van der Waals surface area (Å²) in [7, 11) is 0. The van der Waals surface area contributed by atoms with E-state index in [1.165, 1.54) is 0 Å². The Morgan fingerprint density at radius 2 is 2.12 bits per heavy atom. The Bertz CT molecular complexity index is 359. The molecule has 4 nitrogen and oxygen atoms in total. The van der Waals surface area contributed by atoms with Gasteiger partial charge in [0.1, 0.15) is 5.82 Å². The predicted molar refractivity (Wildman–Crippen MR) is 64.7 cm³/mol. The molecule has 16 heavy (non-hydrogen) atoms. The number of aliphatic hydroxyl groups excluding tert-OH is 1. The van der Waals surface area contributed by atoms with Gasteiger partial charge in [0.05, 0.1) is 6.10 Å². The van der Waals surface area contributed by atoms with E-state index in [1.54, 1.807) is 13.1 Å². The third-order valence-electron chi connectivity index (χ3n) is 3.03. The standard InChI is InChI=1S/C12H19N3O/c1-9-7-12(14-8-11(9)10(2)16)15-5-3-13-4-6-15/h7-8,10,13,16H,3-6H2,1-2H3. The molecule has 0 radical (unpaired) electrons. The van der Waals surface area contributed by atoms with Crippen LogP contribution in [0.15, 0.2) is 12.3 Å². The summed E-state index contributed by atoms with van der Waals surface area (Å²) < 4.78 is 0. The van der Waals surface area contributed by atoms with E-state index >= 15 is 0 Å². The van der Waals surface area contributed by atoms with Crippen molar-refractivity contribution in [3.8, 4) is 0 Å². The number of hydrogen-bond donors (Lipinski definition) is 2. The maximum Gasteiger partial charge on any atom is 0.128 e. The summed E-state index contributed by atoms with van der Waals surface area (Å²) in [6, 6.07) is 2.06. The van der Waals surface area contributed by atoms with Crippen LogP contribution >= 0.6 is 0 Å². The molecule has 2 N–H and O–H groups in total. The number of nitrogens with one attached hydrogen (secondary N) is 1. The van der Waals surface area contributed by atoms with Crippen LogP contribution in [0, 0.1) is 6.92 Å². The summed E-state index contributed by atoms with van der Waals surface area (Å²) >= 11 is 0. The van der Waals surface area contributed by atoms with Gasteiger partial charge in [0, 0.05) is 37.9 Å². The van der Waals surface area contributed by atoms with Crippen LogP contribution in [0.25, 0.3) is 0 Å². The van der Waals surface area contributed by atoms with Crippen molar-refractivity contribution in [1.82, 2.24) is 10.3 Å². The SMILES string of the molecule is Cc1cc(N2CCNCC2)ncc1C(C)O. The van der Waals surface area contributed by atoms with E-state index in [0.717, 1.165) is 43.1 Å². The molecule has 4 heteroatoms. The predicted octanol–water partition coefficient (Wildman–Crippen LogP) is 0.853. The number of aryl methyl sites for hydroxylation is 1. The monoisotopic (exact) mass is 221 g/mol. The minimum Gasteiger partial charge on any atom is -0.389 e. The van der Waals surface area contributed by atoms with Crippen molar-refractivity contribution in [2.24, 2.45) is 0 Å². The number of pyridine rings is 1. The molecule has 0 spiro atoms. The van der Waals surface area contributed by atoms with Crippen molar-refractivity contribution >= 4 is 5.82 Å². The van der Waals surface area contributed by atoms with Gasteiger partial charge in [-0.2, -0.15) is 0 Å². The molecular weight excluding hydrogens is 202 g/mol. The first-order valence-corrected chi connectivity index (χ1v) is 5.79. The van der Waals surface area contributed by atoms with Crippen LogP contribution < -0.4 is 10.2 Å². The summed E-state index contributed by atoms with van der Waals surface area (Å²) in [5.74, 6) is 1.02. The van der Waals surface area contributed by atoms with Gasteiger partial charge in [-0.25, -0.2) is 4.98 Å². The Hall–Kier alpha value is -1.13. The third-order valence-corrected chi connectivity index (χ3v) is 3.03. The minimum absolute atomic E-state index is 0.440. The molecule has 1 aromatic rings. The summed E-state index contributed by atoms with van der Waals surface area (Å²) in [6.45, 7) is 7.82. The first kappa shape index (κ1) is 11.4. The molecule has 0 amide bonds. The van der Waals surface area contributed by atoms with Gasteiger partial charge in [0.25, 0.3) is 0 Å². The fourth-order valence-corrected chi connectivity index (χ4v) is 2.06. The quantitative estimate of drug-likeness (QED) is 0.777. The van der Waals surface area contributed by atoms with Crippen LogP contribution in [-0.4, -0.2) is 36.3 Å². The Kier molecular flexibility index (Phi) is 3.41. The van der Waals surface area contributed by atoms with Crippen LogP contribution in [0.4, 0.5) is 5.82 Å². The molecule has 1 atom stereocenters. The molecule has 88 valence electrons. The fraction of sp³-hybridized carbons (Fsp3) is 0.583. The van der Waals surface area contributed by atoms with E-state index in [2.05, 4.69) is 21.3 Å². The molecule has 0 aliphatic carbocycles. The number of rotatable bonds is 2. The first-order valence-electron chi connectivity index (χ1n) is 5.79. The normalized spacial score (nSPS) is 18.6. The Balaban J connectivity index is 2.19. The van der Waals surface area contributed by atoms with Gasteiger partial charge >= 0.3 is 0 Å². The number of piperazine rings is 1. The van der Waals surface area contributed by atoms with E-state index < -0.39 is 6.10 Å². The molecule has 1 aliphatic rings. The van der Waals surface area contributed by atoms with E-state index in [9.17, 15) is 5.11 Å². The van der Waals surface area contributed by atoms with Crippen LogP contribution in [0.1, 0.15) is 24.2 Å².